The molecule has 4 nitrogen and oxygen atoms in total. The lowest BCUT2D eigenvalue weighted by Gasteiger charge is -2.01. The number of hydrogen-bond donors (Lipinski definition) is 0. The van der Waals surface area contributed by atoms with E-state index in [9.17, 15) is 4.79 Å². The van der Waals surface area contributed by atoms with Crippen LogP contribution in [-0.2, 0) is 9.53 Å². The Morgan fingerprint density at radius 2 is 2.14 bits per heavy atom. The van der Waals surface area contributed by atoms with Crippen LogP contribution >= 0.6 is 15.9 Å². The summed E-state index contributed by atoms with van der Waals surface area (Å²) in [6.45, 7) is 2.18. The second-order valence-corrected chi connectivity index (χ2v) is 5.34. The zero-order valence-corrected chi connectivity index (χ0v) is 13.6. The number of rotatable bonds is 5. The van der Waals surface area contributed by atoms with E-state index in [-0.39, 0.29) is 12.2 Å². The van der Waals surface area contributed by atoms with E-state index in [2.05, 4.69) is 15.9 Å². The number of hydrogen-bond acceptors (Lipinski definition) is 4. The van der Waals surface area contributed by atoms with Crippen LogP contribution in [0.5, 0.6) is 0 Å². The van der Waals surface area contributed by atoms with Crippen LogP contribution in [0.3, 0.4) is 0 Å². The molecule has 112 valence electrons. The van der Waals surface area contributed by atoms with Crippen molar-refractivity contribution in [1.29, 1.82) is 5.26 Å². The Morgan fingerprint density at radius 1 is 1.36 bits per heavy atom. The summed E-state index contributed by atoms with van der Waals surface area (Å²) in [5, 5.41) is 9.06. The van der Waals surface area contributed by atoms with Gasteiger partial charge in [-0.3, -0.25) is 0 Å². The Kier molecular flexibility index (Phi) is 5.56. The van der Waals surface area contributed by atoms with Crippen molar-refractivity contribution in [3.63, 3.8) is 0 Å². The first-order valence-corrected chi connectivity index (χ1v) is 7.58. The summed E-state index contributed by atoms with van der Waals surface area (Å²) in [4.78, 5) is 11.7. The zero-order chi connectivity index (χ0) is 15.9. The molecule has 0 radical (unpaired) electrons. The number of halogens is 1. The molecule has 0 spiro atoms. The molecule has 0 bridgehead atoms. The fourth-order valence-corrected chi connectivity index (χ4v) is 2.27. The van der Waals surface area contributed by atoms with Crippen molar-refractivity contribution in [2.24, 2.45) is 0 Å². The van der Waals surface area contributed by atoms with E-state index in [0.717, 1.165) is 10.0 Å². The predicted molar refractivity (Wildman–Crippen MR) is 86.7 cm³/mol. The minimum atomic E-state index is -0.636. The molecule has 0 amide bonds. The smallest absolute Gasteiger partial charge is 0.349 e. The molecule has 1 aromatic heterocycles. The Bertz CT molecular complexity index is 740. The van der Waals surface area contributed by atoms with Crippen LogP contribution in [0.2, 0.25) is 0 Å². The highest BCUT2D eigenvalue weighted by atomic mass is 79.9. The number of nitriles is 1. The van der Waals surface area contributed by atoms with Crippen LogP contribution in [0, 0.1) is 11.3 Å². The third kappa shape index (κ3) is 3.86. The molecule has 0 atom stereocenters. The lowest BCUT2D eigenvalue weighted by molar-refractivity contribution is -0.138. The van der Waals surface area contributed by atoms with Crippen LogP contribution in [0.15, 0.2) is 50.9 Å². The summed E-state index contributed by atoms with van der Waals surface area (Å²) >= 11 is 3.46. The molecule has 0 unspecified atom stereocenters. The van der Waals surface area contributed by atoms with E-state index in [4.69, 9.17) is 14.4 Å². The van der Waals surface area contributed by atoms with Crippen molar-refractivity contribution in [2.75, 3.05) is 6.61 Å². The van der Waals surface area contributed by atoms with Crippen molar-refractivity contribution in [2.45, 2.75) is 13.3 Å². The van der Waals surface area contributed by atoms with Gasteiger partial charge in [0.1, 0.15) is 23.2 Å². The lowest BCUT2D eigenvalue weighted by Crippen LogP contribution is -2.07. The summed E-state index contributed by atoms with van der Waals surface area (Å²) < 4.78 is 11.5. The SMILES string of the molecule is CCCOC(=O)C(C#N)=Cc1ccc(-c2ccccc2Br)o1. The largest absolute Gasteiger partial charge is 0.462 e. The number of carbonyl (C=O) groups is 1. The summed E-state index contributed by atoms with van der Waals surface area (Å²) in [5.41, 5.74) is 0.815. The molecule has 0 fully saturated rings. The number of nitrogens with zero attached hydrogens (tertiary/aromatic N) is 1. The van der Waals surface area contributed by atoms with Gasteiger partial charge in [-0.15, -0.1) is 0 Å². The van der Waals surface area contributed by atoms with Gasteiger partial charge in [0, 0.05) is 16.1 Å². The molecular formula is C17H14BrNO3. The third-order valence-electron chi connectivity index (χ3n) is 2.83. The van der Waals surface area contributed by atoms with Gasteiger partial charge in [0.15, 0.2) is 0 Å². The minimum Gasteiger partial charge on any atom is -0.462 e. The van der Waals surface area contributed by atoms with Gasteiger partial charge in [-0.05, 0) is 24.6 Å². The topological polar surface area (TPSA) is 63.2 Å². The van der Waals surface area contributed by atoms with Gasteiger partial charge in [-0.1, -0.05) is 41.1 Å². The summed E-state index contributed by atoms with van der Waals surface area (Å²) in [7, 11) is 0. The first-order valence-electron chi connectivity index (χ1n) is 6.79. The molecule has 2 aromatic rings. The molecular weight excluding hydrogens is 346 g/mol. The monoisotopic (exact) mass is 359 g/mol. The molecule has 0 N–H and O–H groups in total. The van der Waals surface area contributed by atoms with Crippen molar-refractivity contribution < 1.29 is 13.9 Å². The fourth-order valence-electron chi connectivity index (χ4n) is 1.79. The van der Waals surface area contributed by atoms with Gasteiger partial charge < -0.3 is 9.15 Å². The van der Waals surface area contributed by atoms with Crippen LogP contribution in [0.4, 0.5) is 0 Å². The first kappa shape index (κ1) is 16.1. The summed E-state index contributed by atoms with van der Waals surface area (Å²) in [6, 6.07) is 13.0. The lowest BCUT2D eigenvalue weighted by atomic mass is 10.2. The van der Waals surface area contributed by atoms with Crippen molar-refractivity contribution in [3.05, 3.63) is 52.2 Å². The summed E-state index contributed by atoms with van der Waals surface area (Å²) in [5.74, 6) is 0.442. The molecule has 0 saturated carbocycles. The van der Waals surface area contributed by atoms with Gasteiger partial charge in [0.25, 0.3) is 0 Å². The molecule has 1 heterocycles. The van der Waals surface area contributed by atoms with Gasteiger partial charge in [-0.25, -0.2) is 4.79 Å². The molecule has 0 saturated heterocycles. The standard InChI is InChI=1S/C17H14BrNO3/c1-2-9-21-17(20)12(11-19)10-13-7-8-16(22-13)14-5-3-4-6-15(14)18/h3-8,10H,2,9H2,1H3. The molecule has 0 aliphatic heterocycles. The summed E-state index contributed by atoms with van der Waals surface area (Å²) in [6.07, 6.45) is 2.09. The second kappa shape index (κ2) is 7.62. The minimum absolute atomic E-state index is 0.0820. The number of ether oxygens (including phenoxy) is 1. The van der Waals surface area contributed by atoms with Gasteiger partial charge in [0.2, 0.25) is 0 Å². The molecule has 5 heteroatoms. The van der Waals surface area contributed by atoms with Gasteiger partial charge in [0.05, 0.1) is 6.61 Å². The molecule has 0 aliphatic rings. The maximum atomic E-state index is 11.7. The number of benzene rings is 1. The second-order valence-electron chi connectivity index (χ2n) is 4.49. The van der Waals surface area contributed by atoms with E-state index >= 15 is 0 Å². The van der Waals surface area contributed by atoms with Crippen molar-refractivity contribution in [3.8, 4) is 17.4 Å². The van der Waals surface area contributed by atoms with Crippen LogP contribution in [-0.4, -0.2) is 12.6 Å². The normalized spacial score (nSPS) is 11.0. The number of furan rings is 1. The van der Waals surface area contributed by atoms with E-state index in [1.807, 2.05) is 37.3 Å². The van der Waals surface area contributed by atoms with E-state index in [0.29, 0.717) is 17.9 Å². The van der Waals surface area contributed by atoms with E-state index in [1.54, 1.807) is 12.1 Å². The molecule has 0 aliphatic carbocycles. The molecule has 22 heavy (non-hydrogen) atoms. The van der Waals surface area contributed by atoms with Crippen LogP contribution in [0.1, 0.15) is 19.1 Å². The first-order chi connectivity index (χ1) is 10.7. The highest BCUT2D eigenvalue weighted by Crippen LogP contribution is 2.29. The quantitative estimate of drug-likeness (QED) is 0.445. The average Bonchev–Trinajstić information content (AvgIpc) is 2.99. The highest BCUT2D eigenvalue weighted by molar-refractivity contribution is 9.10. The van der Waals surface area contributed by atoms with Crippen LogP contribution in [0.25, 0.3) is 17.4 Å². The maximum Gasteiger partial charge on any atom is 0.349 e. The van der Waals surface area contributed by atoms with E-state index in [1.165, 1.54) is 6.08 Å². The molecule has 1 aromatic carbocycles. The Labute approximate surface area is 137 Å². The van der Waals surface area contributed by atoms with Crippen molar-refractivity contribution in [1.82, 2.24) is 0 Å². The predicted octanol–water partition coefficient (Wildman–Crippen LogP) is 4.57. The zero-order valence-electron chi connectivity index (χ0n) is 12.0. The van der Waals surface area contributed by atoms with Gasteiger partial charge in [-0.2, -0.15) is 5.26 Å². The van der Waals surface area contributed by atoms with E-state index < -0.39 is 5.97 Å². The number of esters is 1. The Balaban J connectivity index is 2.24. The Morgan fingerprint density at radius 3 is 2.82 bits per heavy atom. The third-order valence-corrected chi connectivity index (χ3v) is 3.52. The van der Waals surface area contributed by atoms with Crippen molar-refractivity contribution >= 4 is 28.0 Å². The maximum absolute atomic E-state index is 11.7. The fraction of sp³-hybridized carbons (Fsp3) is 0.176. The average molecular weight is 360 g/mol. The molecule has 2 rings (SSSR count). The highest BCUT2D eigenvalue weighted by Gasteiger charge is 2.12. The Hall–Kier alpha value is -2.32. The van der Waals surface area contributed by atoms with Gasteiger partial charge >= 0.3 is 5.97 Å². The van der Waals surface area contributed by atoms with Crippen LogP contribution < -0.4 is 0 Å². The number of carbonyl (C=O) groups excluding carboxylic acids is 1.